The smallest absolute Gasteiger partial charge is 0.407 e. The number of alkyl carbamates (subject to hydrolysis) is 1. The van der Waals surface area contributed by atoms with Gasteiger partial charge in [0, 0.05) is 6.54 Å². The molecule has 1 aromatic carbocycles. The van der Waals surface area contributed by atoms with Crippen molar-refractivity contribution in [2.45, 2.75) is 44.9 Å². The van der Waals surface area contributed by atoms with Gasteiger partial charge in [0.2, 0.25) is 0 Å². The van der Waals surface area contributed by atoms with Gasteiger partial charge in [-0.15, -0.1) is 0 Å². The lowest BCUT2D eigenvalue weighted by Crippen LogP contribution is -2.49. The number of aliphatic hydroxyl groups excluding tert-OH is 1. The zero-order chi connectivity index (χ0) is 16.8. The van der Waals surface area contributed by atoms with Crippen LogP contribution in [0.1, 0.15) is 26.3 Å². The summed E-state index contributed by atoms with van der Waals surface area (Å²) in [5.41, 5.74) is 0.495. The third kappa shape index (κ3) is 7.43. The Morgan fingerprint density at radius 3 is 2.36 bits per heavy atom. The molecule has 1 amide bonds. The second-order valence-electron chi connectivity index (χ2n) is 6.77. The Morgan fingerprint density at radius 1 is 1.27 bits per heavy atom. The quantitative estimate of drug-likeness (QED) is 0.844. The molecule has 0 spiro atoms. The van der Waals surface area contributed by atoms with Crippen molar-refractivity contribution in [1.82, 2.24) is 10.2 Å². The maximum Gasteiger partial charge on any atom is 0.407 e. The number of nitrogens with zero attached hydrogens (tertiary/aromatic N) is 1. The van der Waals surface area contributed by atoms with Gasteiger partial charge >= 0.3 is 6.09 Å². The lowest BCUT2D eigenvalue weighted by Gasteiger charge is -2.28. The van der Waals surface area contributed by atoms with Crippen molar-refractivity contribution in [3.8, 4) is 0 Å². The Labute approximate surface area is 133 Å². The molecule has 5 heteroatoms. The van der Waals surface area contributed by atoms with Gasteiger partial charge in [-0.05, 0) is 46.9 Å². The van der Waals surface area contributed by atoms with Crippen molar-refractivity contribution in [1.29, 1.82) is 0 Å². The monoisotopic (exact) mass is 308 g/mol. The zero-order valence-corrected chi connectivity index (χ0v) is 14.2. The van der Waals surface area contributed by atoms with Gasteiger partial charge in [0.05, 0.1) is 12.1 Å². The van der Waals surface area contributed by atoms with Crippen LogP contribution in [0.2, 0.25) is 0 Å². The summed E-state index contributed by atoms with van der Waals surface area (Å²) in [5.74, 6) is 0. The molecule has 0 radical (unpaired) electrons. The molecule has 1 aromatic rings. The van der Waals surface area contributed by atoms with Crippen LogP contribution in [0.3, 0.4) is 0 Å². The summed E-state index contributed by atoms with van der Waals surface area (Å²) >= 11 is 0. The standard InChI is InChI=1S/C17H28N2O3/c1-17(2,3)22-16(21)18-14(15(20)12-19(4)5)11-13-9-7-6-8-10-13/h6-10,14-15,20H,11-12H2,1-5H3,(H,18,21)/t14-,15-/m1/s1. The van der Waals surface area contributed by atoms with Crippen molar-refractivity contribution >= 4 is 6.09 Å². The normalized spacial score (nSPS) is 14.5. The van der Waals surface area contributed by atoms with Crippen LogP contribution in [-0.4, -0.2) is 54.5 Å². The molecule has 0 bridgehead atoms. The van der Waals surface area contributed by atoms with Crippen LogP contribution in [0, 0.1) is 0 Å². The number of ether oxygens (including phenoxy) is 1. The first-order valence-electron chi connectivity index (χ1n) is 7.53. The van der Waals surface area contributed by atoms with Crippen molar-refractivity contribution in [2.24, 2.45) is 0 Å². The average molecular weight is 308 g/mol. The molecule has 0 heterocycles. The third-order valence-electron chi connectivity index (χ3n) is 3.02. The molecule has 0 unspecified atom stereocenters. The van der Waals surface area contributed by atoms with E-state index in [1.807, 2.05) is 70.1 Å². The Balaban J connectivity index is 2.75. The summed E-state index contributed by atoms with van der Waals surface area (Å²) in [6.07, 6.45) is -0.635. The number of hydrogen-bond acceptors (Lipinski definition) is 4. The van der Waals surface area contributed by atoms with Gasteiger partial charge in [0.25, 0.3) is 0 Å². The second kappa shape index (κ2) is 8.15. The number of benzene rings is 1. The highest BCUT2D eigenvalue weighted by molar-refractivity contribution is 5.68. The van der Waals surface area contributed by atoms with Gasteiger partial charge < -0.3 is 20.1 Å². The van der Waals surface area contributed by atoms with Gasteiger partial charge in [-0.25, -0.2) is 4.79 Å². The Kier molecular flexibility index (Phi) is 6.84. The maximum atomic E-state index is 12.0. The molecule has 0 saturated heterocycles. The molecule has 0 aliphatic heterocycles. The van der Waals surface area contributed by atoms with Crippen LogP contribution in [-0.2, 0) is 11.2 Å². The number of rotatable bonds is 6. The molecule has 5 nitrogen and oxygen atoms in total. The lowest BCUT2D eigenvalue weighted by molar-refractivity contribution is 0.0391. The molecular weight excluding hydrogens is 280 g/mol. The number of likely N-dealkylation sites (N-methyl/N-ethyl adjacent to an activating group) is 1. The van der Waals surface area contributed by atoms with E-state index >= 15 is 0 Å². The van der Waals surface area contributed by atoms with Crippen molar-refractivity contribution < 1.29 is 14.6 Å². The first kappa shape index (κ1) is 18.5. The van der Waals surface area contributed by atoms with Crippen molar-refractivity contribution in [3.63, 3.8) is 0 Å². The van der Waals surface area contributed by atoms with Crippen LogP contribution < -0.4 is 5.32 Å². The number of nitrogens with one attached hydrogen (secondary N) is 1. The molecular formula is C17H28N2O3. The summed E-state index contributed by atoms with van der Waals surface area (Å²) in [6, 6.07) is 9.38. The van der Waals surface area contributed by atoms with Crippen LogP contribution in [0.5, 0.6) is 0 Å². The van der Waals surface area contributed by atoms with E-state index in [0.717, 1.165) is 5.56 Å². The Hall–Kier alpha value is -1.59. The van der Waals surface area contributed by atoms with E-state index in [-0.39, 0.29) is 0 Å². The maximum absolute atomic E-state index is 12.0. The zero-order valence-electron chi connectivity index (χ0n) is 14.2. The Morgan fingerprint density at radius 2 is 1.86 bits per heavy atom. The number of aliphatic hydroxyl groups is 1. The first-order valence-corrected chi connectivity index (χ1v) is 7.53. The van der Waals surface area contributed by atoms with Crippen molar-refractivity contribution in [2.75, 3.05) is 20.6 Å². The highest BCUT2D eigenvalue weighted by atomic mass is 16.6. The molecule has 0 aromatic heterocycles. The number of hydrogen-bond donors (Lipinski definition) is 2. The highest BCUT2D eigenvalue weighted by Gasteiger charge is 2.25. The number of carbonyl (C=O) groups excluding carboxylic acids is 1. The minimum atomic E-state index is -0.678. The van der Waals surface area contributed by atoms with Gasteiger partial charge in [-0.1, -0.05) is 30.3 Å². The summed E-state index contributed by atoms with van der Waals surface area (Å²) in [6.45, 7) is 5.91. The van der Waals surface area contributed by atoms with E-state index in [1.165, 1.54) is 0 Å². The summed E-state index contributed by atoms with van der Waals surface area (Å²) in [4.78, 5) is 13.9. The van der Waals surface area contributed by atoms with E-state index in [4.69, 9.17) is 4.74 Å². The molecule has 1 rings (SSSR count). The fourth-order valence-corrected chi connectivity index (χ4v) is 2.11. The molecule has 22 heavy (non-hydrogen) atoms. The summed E-state index contributed by atoms with van der Waals surface area (Å²) in [7, 11) is 3.77. The second-order valence-corrected chi connectivity index (χ2v) is 6.77. The lowest BCUT2D eigenvalue weighted by atomic mass is 10.0. The minimum Gasteiger partial charge on any atom is -0.444 e. The van der Waals surface area contributed by atoms with E-state index in [9.17, 15) is 9.90 Å². The third-order valence-corrected chi connectivity index (χ3v) is 3.02. The predicted molar refractivity (Wildman–Crippen MR) is 87.9 cm³/mol. The molecule has 2 atom stereocenters. The summed E-state index contributed by atoms with van der Waals surface area (Å²) in [5, 5.41) is 13.2. The summed E-state index contributed by atoms with van der Waals surface area (Å²) < 4.78 is 5.29. The highest BCUT2D eigenvalue weighted by Crippen LogP contribution is 2.10. The minimum absolute atomic E-state index is 0.403. The molecule has 0 saturated carbocycles. The topological polar surface area (TPSA) is 61.8 Å². The number of amides is 1. The molecule has 0 aliphatic carbocycles. The number of carbonyl (C=O) groups is 1. The van der Waals surface area contributed by atoms with Crippen LogP contribution in [0.15, 0.2) is 30.3 Å². The fraction of sp³-hybridized carbons (Fsp3) is 0.588. The van der Waals surface area contributed by atoms with E-state index in [0.29, 0.717) is 13.0 Å². The van der Waals surface area contributed by atoms with Gasteiger partial charge in [0.1, 0.15) is 5.60 Å². The van der Waals surface area contributed by atoms with E-state index < -0.39 is 23.8 Å². The van der Waals surface area contributed by atoms with Crippen LogP contribution in [0.25, 0.3) is 0 Å². The molecule has 0 fully saturated rings. The van der Waals surface area contributed by atoms with Gasteiger partial charge in [-0.3, -0.25) is 0 Å². The fourth-order valence-electron chi connectivity index (χ4n) is 2.11. The van der Waals surface area contributed by atoms with Gasteiger partial charge in [-0.2, -0.15) is 0 Å². The Bertz CT molecular complexity index is 455. The predicted octanol–water partition coefficient (Wildman–Crippen LogP) is 2.04. The van der Waals surface area contributed by atoms with E-state index in [1.54, 1.807) is 0 Å². The molecule has 0 aliphatic rings. The van der Waals surface area contributed by atoms with E-state index in [2.05, 4.69) is 5.32 Å². The van der Waals surface area contributed by atoms with Crippen LogP contribution >= 0.6 is 0 Å². The van der Waals surface area contributed by atoms with Crippen molar-refractivity contribution in [3.05, 3.63) is 35.9 Å². The average Bonchev–Trinajstić information content (AvgIpc) is 2.36. The van der Waals surface area contributed by atoms with Gasteiger partial charge in [0.15, 0.2) is 0 Å². The van der Waals surface area contributed by atoms with Crippen LogP contribution in [0.4, 0.5) is 4.79 Å². The largest absolute Gasteiger partial charge is 0.444 e. The molecule has 2 N–H and O–H groups in total. The first-order chi connectivity index (χ1) is 10.2. The molecule has 124 valence electrons. The SMILES string of the molecule is CN(C)C[C@@H](O)[C@@H](Cc1ccccc1)NC(=O)OC(C)(C)C.